The number of rotatable bonds is 15. The van der Waals surface area contributed by atoms with E-state index in [0.29, 0.717) is 6.61 Å². The maximum atomic E-state index is 13.0. The van der Waals surface area contributed by atoms with Gasteiger partial charge in [0, 0.05) is 18.9 Å². The van der Waals surface area contributed by atoms with E-state index < -0.39 is 29.8 Å². The van der Waals surface area contributed by atoms with Crippen LogP contribution in [-0.4, -0.2) is 53.9 Å². The lowest BCUT2D eigenvalue weighted by molar-refractivity contribution is -0.161. The first kappa shape index (κ1) is 30.6. The minimum atomic E-state index is -0.977. The fourth-order valence-electron chi connectivity index (χ4n) is 4.65. The molecule has 0 radical (unpaired) electrons. The Kier molecular flexibility index (Phi) is 12.0. The standard InChI is InChI=1S/C32H40N2O6/c1-5-26(21-25-15-10-7-11-16-25)30(39-20-12-17-24-13-8-6-9-14-24)23(3)40-32(37)22(2)34-31(36)28-29(35)27(38-4)18-19-33-28/h6-11,13-16,18-19,22-23,26,30,35H,5,12,17,20-21H2,1-4H3,(H,34,36)/t22-,23-,26+,30-/m0/s1. The summed E-state index contributed by atoms with van der Waals surface area (Å²) >= 11 is 0. The van der Waals surface area contributed by atoms with Crippen LogP contribution in [-0.2, 0) is 27.1 Å². The zero-order valence-corrected chi connectivity index (χ0v) is 23.7. The third-order valence-electron chi connectivity index (χ3n) is 6.88. The molecule has 0 aliphatic carbocycles. The number of amides is 1. The molecule has 0 aliphatic heterocycles. The lowest BCUT2D eigenvalue weighted by Crippen LogP contribution is -2.44. The number of nitrogens with zero attached hydrogens (tertiary/aromatic N) is 1. The van der Waals surface area contributed by atoms with Crippen molar-refractivity contribution in [1.82, 2.24) is 10.3 Å². The summed E-state index contributed by atoms with van der Waals surface area (Å²) in [5.74, 6) is -1.48. The Morgan fingerprint density at radius 2 is 1.62 bits per heavy atom. The summed E-state index contributed by atoms with van der Waals surface area (Å²) in [7, 11) is 1.37. The second-order valence-corrected chi connectivity index (χ2v) is 9.83. The van der Waals surface area contributed by atoms with Crippen molar-refractivity contribution in [3.05, 3.63) is 89.7 Å². The van der Waals surface area contributed by atoms with Gasteiger partial charge in [0.2, 0.25) is 0 Å². The van der Waals surface area contributed by atoms with Crippen molar-refractivity contribution < 1.29 is 28.9 Å². The van der Waals surface area contributed by atoms with Gasteiger partial charge in [0.1, 0.15) is 12.1 Å². The van der Waals surface area contributed by atoms with E-state index >= 15 is 0 Å². The van der Waals surface area contributed by atoms with Crippen LogP contribution in [0.4, 0.5) is 0 Å². The van der Waals surface area contributed by atoms with Crippen LogP contribution in [0.25, 0.3) is 0 Å². The first-order valence-corrected chi connectivity index (χ1v) is 13.8. The van der Waals surface area contributed by atoms with Gasteiger partial charge < -0.3 is 24.6 Å². The number of hydrogen-bond donors (Lipinski definition) is 2. The van der Waals surface area contributed by atoms with Crippen LogP contribution < -0.4 is 10.1 Å². The Bertz CT molecular complexity index is 1200. The van der Waals surface area contributed by atoms with Gasteiger partial charge in [-0.25, -0.2) is 9.78 Å². The number of esters is 1. The van der Waals surface area contributed by atoms with Crippen LogP contribution in [0, 0.1) is 5.92 Å². The summed E-state index contributed by atoms with van der Waals surface area (Å²) in [6, 6.07) is 20.9. The van der Waals surface area contributed by atoms with Gasteiger partial charge in [-0.05, 0) is 50.2 Å². The summed E-state index contributed by atoms with van der Waals surface area (Å²) in [6.07, 6.45) is 3.81. The number of methoxy groups -OCH3 is 1. The summed E-state index contributed by atoms with van der Waals surface area (Å²) in [4.78, 5) is 29.6. The van der Waals surface area contributed by atoms with Crippen LogP contribution in [0.5, 0.6) is 11.5 Å². The van der Waals surface area contributed by atoms with Crippen LogP contribution in [0.1, 0.15) is 55.2 Å². The van der Waals surface area contributed by atoms with E-state index in [0.717, 1.165) is 25.7 Å². The third kappa shape index (κ3) is 8.81. The zero-order valence-electron chi connectivity index (χ0n) is 23.7. The summed E-state index contributed by atoms with van der Waals surface area (Å²) in [5, 5.41) is 12.8. The summed E-state index contributed by atoms with van der Waals surface area (Å²) in [6.45, 7) is 6.00. The molecule has 0 aliphatic rings. The predicted octanol–water partition coefficient (Wildman–Crippen LogP) is 5.13. The average molecular weight is 549 g/mol. The lowest BCUT2D eigenvalue weighted by Gasteiger charge is -2.32. The maximum Gasteiger partial charge on any atom is 0.328 e. The lowest BCUT2D eigenvalue weighted by atomic mass is 9.89. The molecule has 1 amide bonds. The Morgan fingerprint density at radius 3 is 2.25 bits per heavy atom. The minimum Gasteiger partial charge on any atom is -0.503 e. The van der Waals surface area contributed by atoms with Crippen molar-refractivity contribution in [2.24, 2.45) is 5.92 Å². The summed E-state index contributed by atoms with van der Waals surface area (Å²) < 4.78 is 17.3. The topological polar surface area (TPSA) is 107 Å². The van der Waals surface area contributed by atoms with Crippen molar-refractivity contribution in [2.45, 2.75) is 64.7 Å². The van der Waals surface area contributed by atoms with Crippen molar-refractivity contribution >= 4 is 11.9 Å². The molecule has 0 unspecified atom stereocenters. The first-order chi connectivity index (χ1) is 19.3. The first-order valence-electron chi connectivity index (χ1n) is 13.8. The Hall–Kier alpha value is -3.91. The molecule has 214 valence electrons. The monoisotopic (exact) mass is 548 g/mol. The Labute approximate surface area is 236 Å². The molecule has 40 heavy (non-hydrogen) atoms. The molecule has 0 saturated carbocycles. The van der Waals surface area contributed by atoms with E-state index in [4.69, 9.17) is 14.2 Å². The Morgan fingerprint density at radius 1 is 0.975 bits per heavy atom. The highest BCUT2D eigenvalue weighted by Gasteiger charge is 2.31. The van der Waals surface area contributed by atoms with Gasteiger partial charge in [-0.2, -0.15) is 0 Å². The van der Waals surface area contributed by atoms with Gasteiger partial charge >= 0.3 is 5.97 Å². The fraction of sp³-hybridized carbons (Fsp3) is 0.406. The number of benzene rings is 2. The van der Waals surface area contributed by atoms with E-state index in [1.54, 1.807) is 0 Å². The second-order valence-electron chi connectivity index (χ2n) is 9.83. The molecule has 2 aromatic carbocycles. The average Bonchev–Trinajstić information content (AvgIpc) is 2.97. The largest absolute Gasteiger partial charge is 0.503 e. The highest BCUT2D eigenvalue weighted by Crippen LogP contribution is 2.27. The normalized spacial score (nSPS) is 14.0. The van der Waals surface area contributed by atoms with Gasteiger partial charge in [0.05, 0.1) is 13.2 Å². The second kappa shape index (κ2) is 15.6. The van der Waals surface area contributed by atoms with Crippen molar-refractivity contribution in [3.8, 4) is 11.5 Å². The molecule has 0 spiro atoms. The molecule has 3 rings (SSSR count). The number of nitrogens with one attached hydrogen (secondary N) is 1. The molecule has 0 saturated heterocycles. The number of pyridine rings is 1. The quantitative estimate of drug-likeness (QED) is 0.200. The van der Waals surface area contributed by atoms with E-state index in [-0.39, 0.29) is 23.5 Å². The number of ether oxygens (including phenoxy) is 3. The number of hydrogen-bond acceptors (Lipinski definition) is 7. The number of aromatic hydroxyl groups is 1. The molecule has 1 heterocycles. The van der Waals surface area contributed by atoms with Crippen LogP contribution in [0.15, 0.2) is 72.9 Å². The van der Waals surface area contributed by atoms with Gasteiger partial charge in [0.15, 0.2) is 17.2 Å². The molecule has 3 aromatic rings. The van der Waals surface area contributed by atoms with Gasteiger partial charge in [-0.1, -0.05) is 74.0 Å². The zero-order chi connectivity index (χ0) is 28.9. The van der Waals surface area contributed by atoms with Crippen LogP contribution in [0.3, 0.4) is 0 Å². The number of carbonyl (C=O) groups excluding carboxylic acids is 2. The van der Waals surface area contributed by atoms with Gasteiger partial charge in [0.25, 0.3) is 5.91 Å². The highest BCUT2D eigenvalue weighted by atomic mass is 16.6. The fourth-order valence-corrected chi connectivity index (χ4v) is 4.65. The van der Waals surface area contributed by atoms with Crippen molar-refractivity contribution in [3.63, 3.8) is 0 Å². The SMILES string of the molecule is CC[C@H](Cc1ccccc1)[C@@H](OCCCc1ccccc1)[C@H](C)OC(=O)[C@H](C)NC(=O)c1nccc(OC)c1O. The number of aryl methyl sites for hydroxylation is 1. The molecule has 1 aromatic heterocycles. The molecule has 4 atom stereocenters. The number of carbonyl (C=O) groups is 2. The molecular formula is C32H40N2O6. The molecule has 8 heteroatoms. The smallest absolute Gasteiger partial charge is 0.328 e. The Balaban J connectivity index is 1.65. The summed E-state index contributed by atoms with van der Waals surface area (Å²) in [5.41, 5.74) is 2.21. The number of aromatic nitrogens is 1. The van der Waals surface area contributed by atoms with E-state index in [1.165, 1.54) is 37.4 Å². The van der Waals surface area contributed by atoms with E-state index in [1.807, 2.05) is 43.3 Å². The van der Waals surface area contributed by atoms with E-state index in [2.05, 4.69) is 41.5 Å². The minimum absolute atomic E-state index is 0.111. The third-order valence-corrected chi connectivity index (χ3v) is 6.88. The molecule has 8 nitrogen and oxygen atoms in total. The van der Waals surface area contributed by atoms with Gasteiger partial charge in [-0.15, -0.1) is 0 Å². The molecule has 0 fully saturated rings. The predicted molar refractivity (Wildman–Crippen MR) is 153 cm³/mol. The van der Waals surface area contributed by atoms with Crippen molar-refractivity contribution in [1.29, 1.82) is 0 Å². The molecule has 2 N–H and O–H groups in total. The van der Waals surface area contributed by atoms with Gasteiger partial charge in [-0.3, -0.25) is 4.79 Å². The van der Waals surface area contributed by atoms with Crippen LogP contribution in [0.2, 0.25) is 0 Å². The molecular weight excluding hydrogens is 508 g/mol. The van der Waals surface area contributed by atoms with E-state index in [9.17, 15) is 14.7 Å². The van der Waals surface area contributed by atoms with Crippen molar-refractivity contribution in [2.75, 3.05) is 13.7 Å². The van der Waals surface area contributed by atoms with Crippen LogP contribution >= 0.6 is 0 Å². The highest BCUT2D eigenvalue weighted by molar-refractivity contribution is 5.97. The maximum absolute atomic E-state index is 13.0. The molecule has 0 bridgehead atoms.